The highest BCUT2D eigenvalue weighted by molar-refractivity contribution is 5.78. The number of amides is 1. The van der Waals surface area contributed by atoms with Crippen LogP contribution in [0.1, 0.15) is 18.4 Å². The quantitative estimate of drug-likeness (QED) is 0.792. The molecule has 0 unspecified atom stereocenters. The average Bonchev–Trinajstić information content (AvgIpc) is 2.87. The van der Waals surface area contributed by atoms with Crippen molar-refractivity contribution in [1.29, 1.82) is 0 Å². The van der Waals surface area contributed by atoms with Crippen LogP contribution in [0.4, 0.5) is 0 Å². The molecule has 0 spiro atoms. The number of carbonyl (C=O) groups excluding carboxylic acids is 1. The molecule has 0 N–H and O–H groups in total. The normalized spacial score (nSPS) is 15.2. The fourth-order valence-electron chi connectivity index (χ4n) is 2.35. The van der Waals surface area contributed by atoms with Gasteiger partial charge in [0.05, 0.1) is 6.54 Å². The molecule has 1 amide bonds. The monoisotopic (exact) mass is 263 g/mol. The third-order valence-electron chi connectivity index (χ3n) is 3.49. The van der Waals surface area contributed by atoms with Gasteiger partial charge in [-0.3, -0.25) is 14.5 Å². The Kier molecular flexibility index (Phi) is 4.37. The summed E-state index contributed by atoms with van der Waals surface area (Å²) in [6.07, 6.45) is 3.99. The minimum atomic E-state index is -0.0169. The minimum Gasteiger partial charge on any atom is -0.342 e. The van der Waals surface area contributed by atoms with Gasteiger partial charge in [-0.2, -0.15) is 0 Å². The summed E-state index contributed by atoms with van der Waals surface area (Å²) in [5.74, 6) is 0.184. The van der Waals surface area contributed by atoms with E-state index in [1.54, 1.807) is 23.9 Å². The summed E-state index contributed by atoms with van der Waals surface area (Å²) in [6, 6.07) is 3.54. The summed E-state index contributed by atoms with van der Waals surface area (Å²) in [7, 11) is 3.64. The predicted molar refractivity (Wildman–Crippen MR) is 73.8 cm³/mol. The zero-order chi connectivity index (χ0) is 13.8. The Morgan fingerprint density at radius 1 is 1.37 bits per heavy atom. The molecule has 1 saturated heterocycles. The Bertz CT molecular complexity index is 504. The molecule has 0 aromatic carbocycles. The van der Waals surface area contributed by atoms with Crippen molar-refractivity contribution >= 4 is 5.91 Å². The molecule has 1 aromatic heterocycles. The lowest BCUT2D eigenvalue weighted by atomic mass is 10.2. The fourth-order valence-corrected chi connectivity index (χ4v) is 2.35. The third kappa shape index (κ3) is 3.67. The van der Waals surface area contributed by atoms with Crippen LogP contribution in [0.2, 0.25) is 0 Å². The van der Waals surface area contributed by atoms with Crippen LogP contribution in [-0.4, -0.2) is 47.0 Å². The molecule has 0 radical (unpaired) electrons. The maximum atomic E-state index is 12.0. The molecular formula is C14H21N3O2. The van der Waals surface area contributed by atoms with Gasteiger partial charge in [0.2, 0.25) is 5.91 Å². The summed E-state index contributed by atoms with van der Waals surface area (Å²) < 4.78 is 1.54. The summed E-state index contributed by atoms with van der Waals surface area (Å²) >= 11 is 0. The van der Waals surface area contributed by atoms with Crippen molar-refractivity contribution in [2.24, 2.45) is 7.05 Å². The molecular weight excluding hydrogens is 242 g/mol. The SMILES string of the molecule is CN(CC(=O)N1CCCC1)Cc1ccn(C)c(=O)c1. The molecule has 1 fully saturated rings. The number of nitrogens with zero attached hydrogens (tertiary/aromatic N) is 3. The summed E-state index contributed by atoms with van der Waals surface area (Å²) in [4.78, 5) is 27.4. The number of hydrogen-bond acceptors (Lipinski definition) is 3. The number of carbonyl (C=O) groups is 1. The number of likely N-dealkylation sites (N-methyl/N-ethyl adjacent to an activating group) is 1. The Labute approximate surface area is 113 Å². The Balaban J connectivity index is 1.89. The molecule has 5 heteroatoms. The summed E-state index contributed by atoms with van der Waals surface area (Å²) in [6.45, 7) is 2.81. The van der Waals surface area contributed by atoms with Crippen LogP contribution in [0.25, 0.3) is 0 Å². The highest BCUT2D eigenvalue weighted by Crippen LogP contribution is 2.08. The van der Waals surface area contributed by atoms with Crippen LogP contribution in [0.5, 0.6) is 0 Å². The van der Waals surface area contributed by atoms with Crippen molar-refractivity contribution in [2.75, 3.05) is 26.7 Å². The summed E-state index contributed by atoms with van der Waals surface area (Å²) in [5.41, 5.74) is 0.927. The molecule has 0 atom stereocenters. The molecule has 1 aliphatic heterocycles. The number of aromatic nitrogens is 1. The van der Waals surface area contributed by atoms with E-state index in [0.717, 1.165) is 31.5 Å². The van der Waals surface area contributed by atoms with Gasteiger partial charge in [0.1, 0.15) is 0 Å². The van der Waals surface area contributed by atoms with Gasteiger partial charge in [-0.15, -0.1) is 0 Å². The van der Waals surface area contributed by atoms with E-state index in [9.17, 15) is 9.59 Å². The highest BCUT2D eigenvalue weighted by atomic mass is 16.2. The number of aryl methyl sites for hydroxylation is 1. The van der Waals surface area contributed by atoms with E-state index in [1.807, 2.05) is 22.9 Å². The van der Waals surface area contributed by atoms with E-state index in [1.165, 1.54) is 0 Å². The van der Waals surface area contributed by atoms with Gasteiger partial charge in [-0.25, -0.2) is 0 Å². The van der Waals surface area contributed by atoms with Crippen molar-refractivity contribution < 1.29 is 4.79 Å². The zero-order valence-electron chi connectivity index (χ0n) is 11.6. The lowest BCUT2D eigenvalue weighted by Crippen LogP contribution is -2.37. The third-order valence-corrected chi connectivity index (χ3v) is 3.49. The second-order valence-electron chi connectivity index (χ2n) is 5.24. The van der Waals surface area contributed by atoms with Crippen LogP contribution >= 0.6 is 0 Å². The smallest absolute Gasteiger partial charge is 0.250 e. The number of likely N-dealkylation sites (tertiary alicyclic amines) is 1. The second-order valence-corrected chi connectivity index (χ2v) is 5.24. The number of pyridine rings is 1. The molecule has 2 rings (SSSR count). The molecule has 0 saturated carbocycles. The lowest BCUT2D eigenvalue weighted by Gasteiger charge is -2.21. The molecule has 19 heavy (non-hydrogen) atoms. The Hall–Kier alpha value is -1.62. The van der Waals surface area contributed by atoms with Crippen LogP contribution in [0.15, 0.2) is 23.1 Å². The van der Waals surface area contributed by atoms with Gasteiger partial charge in [0.15, 0.2) is 0 Å². The Morgan fingerprint density at radius 3 is 2.68 bits per heavy atom. The predicted octanol–water partition coefficient (Wildman–Crippen LogP) is 0.439. The first-order valence-electron chi connectivity index (χ1n) is 6.68. The van der Waals surface area contributed by atoms with Gasteiger partial charge in [-0.05, 0) is 31.5 Å². The molecule has 1 aliphatic rings. The van der Waals surface area contributed by atoms with Gasteiger partial charge in [0.25, 0.3) is 5.56 Å². The maximum absolute atomic E-state index is 12.0. The van der Waals surface area contributed by atoms with Gasteiger partial charge in [0, 0.05) is 38.9 Å². The van der Waals surface area contributed by atoms with Gasteiger partial charge < -0.3 is 9.47 Å². The number of hydrogen-bond donors (Lipinski definition) is 0. The van der Waals surface area contributed by atoms with E-state index >= 15 is 0 Å². The first-order chi connectivity index (χ1) is 9.06. The van der Waals surface area contributed by atoms with E-state index in [-0.39, 0.29) is 11.5 Å². The standard InChI is InChI=1S/C14H21N3O2/c1-15(11-14(19)17-6-3-4-7-17)10-12-5-8-16(2)13(18)9-12/h5,8-9H,3-4,6-7,10-11H2,1-2H3. The first kappa shape index (κ1) is 13.8. The van der Waals surface area contributed by atoms with Crippen molar-refractivity contribution in [3.8, 4) is 0 Å². The second kappa shape index (κ2) is 6.02. The first-order valence-corrected chi connectivity index (χ1v) is 6.68. The molecule has 5 nitrogen and oxygen atoms in total. The average molecular weight is 263 g/mol. The van der Waals surface area contributed by atoms with Crippen LogP contribution in [-0.2, 0) is 18.4 Å². The minimum absolute atomic E-state index is 0.0169. The molecule has 0 bridgehead atoms. The van der Waals surface area contributed by atoms with Crippen LogP contribution in [0, 0.1) is 0 Å². The summed E-state index contributed by atoms with van der Waals surface area (Å²) in [5, 5.41) is 0. The zero-order valence-corrected chi connectivity index (χ0v) is 11.6. The topological polar surface area (TPSA) is 45.6 Å². The van der Waals surface area contributed by atoms with E-state index < -0.39 is 0 Å². The van der Waals surface area contributed by atoms with Crippen molar-refractivity contribution in [2.45, 2.75) is 19.4 Å². The van der Waals surface area contributed by atoms with Crippen LogP contribution < -0.4 is 5.56 Å². The molecule has 2 heterocycles. The molecule has 1 aromatic rings. The number of rotatable bonds is 4. The van der Waals surface area contributed by atoms with Gasteiger partial charge in [-0.1, -0.05) is 0 Å². The fraction of sp³-hybridized carbons (Fsp3) is 0.571. The Morgan fingerprint density at radius 2 is 2.05 bits per heavy atom. The van der Waals surface area contributed by atoms with Gasteiger partial charge >= 0.3 is 0 Å². The van der Waals surface area contributed by atoms with Crippen molar-refractivity contribution in [3.05, 3.63) is 34.2 Å². The van der Waals surface area contributed by atoms with Crippen LogP contribution in [0.3, 0.4) is 0 Å². The van der Waals surface area contributed by atoms with E-state index in [0.29, 0.717) is 13.1 Å². The maximum Gasteiger partial charge on any atom is 0.250 e. The largest absolute Gasteiger partial charge is 0.342 e. The highest BCUT2D eigenvalue weighted by Gasteiger charge is 2.18. The molecule has 0 aliphatic carbocycles. The van der Waals surface area contributed by atoms with Crippen molar-refractivity contribution in [3.63, 3.8) is 0 Å². The molecule has 104 valence electrons. The van der Waals surface area contributed by atoms with E-state index in [4.69, 9.17) is 0 Å². The van der Waals surface area contributed by atoms with E-state index in [2.05, 4.69) is 0 Å². The lowest BCUT2D eigenvalue weighted by molar-refractivity contribution is -0.131. The van der Waals surface area contributed by atoms with Crippen molar-refractivity contribution in [1.82, 2.24) is 14.4 Å².